The van der Waals surface area contributed by atoms with Gasteiger partial charge in [-0.3, -0.25) is 5.32 Å². The Bertz CT molecular complexity index is 325. The van der Waals surface area contributed by atoms with Gasteiger partial charge in [0.2, 0.25) is 6.23 Å². The summed E-state index contributed by atoms with van der Waals surface area (Å²) >= 11 is 0. The van der Waals surface area contributed by atoms with Crippen molar-refractivity contribution in [3.05, 3.63) is 35.9 Å². The molecule has 0 spiro atoms. The molecule has 2 rings (SSSR count). The van der Waals surface area contributed by atoms with E-state index in [4.69, 9.17) is 0 Å². The molecule has 0 radical (unpaired) electrons. The van der Waals surface area contributed by atoms with Crippen molar-refractivity contribution < 1.29 is 17.9 Å². The Hall–Kier alpha value is -1.07. The van der Waals surface area contributed by atoms with Gasteiger partial charge in [-0.25, -0.2) is 0 Å². The molecule has 1 aliphatic rings. The fourth-order valence-corrected chi connectivity index (χ4v) is 1.54. The van der Waals surface area contributed by atoms with Crippen LogP contribution in [0.15, 0.2) is 30.3 Å². The maximum Gasteiger partial charge on any atom is 0.428 e. The van der Waals surface area contributed by atoms with Gasteiger partial charge in [0.1, 0.15) is 0 Å². The van der Waals surface area contributed by atoms with Crippen LogP contribution in [0.25, 0.3) is 0 Å². The highest BCUT2D eigenvalue weighted by Gasteiger charge is 2.45. The first kappa shape index (κ1) is 10.4. The van der Waals surface area contributed by atoms with Crippen LogP contribution < -0.4 is 5.32 Å². The Labute approximate surface area is 85.0 Å². The van der Waals surface area contributed by atoms with E-state index in [0.29, 0.717) is 0 Å². The number of ether oxygens (including phenoxy) is 1. The van der Waals surface area contributed by atoms with Crippen LogP contribution >= 0.6 is 0 Å². The SMILES string of the molecule is FC(F)(F)[C@@H]1N[C@H](c2ccccc2)CO1. The highest BCUT2D eigenvalue weighted by Crippen LogP contribution is 2.29. The molecule has 15 heavy (non-hydrogen) atoms. The topological polar surface area (TPSA) is 21.3 Å². The maximum atomic E-state index is 12.3. The predicted octanol–water partition coefficient (Wildman–Crippen LogP) is 2.24. The summed E-state index contributed by atoms with van der Waals surface area (Å²) in [5, 5.41) is 2.40. The lowest BCUT2D eigenvalue weighted by Crippen LogP contribution is -2.39. The predicted molar refractivity (Wildman–Crippen MR) is 48.1 cm³/mol. The van der Waals surface area contributed by atoms with Gasteiger partial charge in [-0.15, -0.1) is 0 Å². The minimum atomic E-state index is -4.34. The van der Waals surface area contributed by atoms with Crippen molar-refractivity contribution in [2.24, 2.45) is 0 Å². The van der Waals surface area contributed by atoms with Gasteiger partial charge in [-0.2, -0.15) is 13.2 Å². The molecule has 1 N–H and O–H groups in total. The van der Waals surface area contributed by atoms with Gasteiger partial charge >= 0.3 is 6.18 Å². The van der Waals surface area contributed by atoms with Crippen molar-refractivity contribution in [3.63, 3.8) is 0 Å². The smallest absolute Gasteiger partial charge is 0.352 e. The molecule has 0 bridgehead atoms. The monoisotopic (exact) mass is 217 g/mol. The van der Waals surface area contributed by atoms with Crippen molar-refractivity contribution in [1.82, 2.24) is 5.32 Å². The van der Waals surface area contributed by atoms with E-state index >= 15 is 0 Å². The summed E-state index contributed by atoms with van der Waals surface area (Å²) in [5.74, 6) is 0. The quantitative estimate of drug-likeness (QED) is 0.778. The van der Waals surface area contributed by atoms with E-state index in [1.807, 2.05) is 6.07 Å². The van der Waals surface area contributed by atoms with Gasteiger partial charge in [0.05, 0.1) is 12.6 Å². The van der Waals surface area contributed by atoms with Crippen LogP contribution in [-0.4, -0.2) is 19.0 Å². The van der Waals surface area contributed by atoms with Crippen molar-refractivity contribution in [2.45, 2.75) is 18.4 Å². The van der Waals surface area contributed by atoms with E-state index in [9.17, 15) is 13.2 Å². The highest BCUT2D eigenvalue weighted by molar-refractivity contribution is 5.19. The van der Waals surface area contributed by atoms with E-state index in [0.717, 1.165) is 5.56 Å². The maximum absolute atomic E-state index is 12.3. The average Bonchev–Trinajstić information content (AvgIpc) is 2.67. The Balaban J connectivity index is 2.05. The minimum absolute atomic E-state index is 0.0498. The molecule has 82 valence electrons. The van der Waals surface area contributed by atoms with Crippen LogP contribution in [0.5, 0.6) is 0 Å². The number of nitrogens with one attached hydrogen (secondary N) is 1. The average molecular weight is 217 g/mol. The van der Waals surface area contributed by atoms with E-state index in [-0.39, 0.29) is 12.6 Å². The van der Waals surface area contributed by atoms with Gasteiger partial charge in [-0.05, 0) is 5.56 Å². The molecule has 1 aromatic carbocycles. The second kappa shape index (κ2) is 3.83. The first-order valence-electron chi connectivity index (χ1n) is 4.56. The number of benzene rings is 1. The van der Waals surface area contributed by atoms with E-state index in [1.54, 1.807) is 24.3 Å². The third-order valence-electron chi connectivity index (χ3n) is 2.28. The largest absolute Gasteiger partial charge is 0.428 e. The lowest BCUT2D eigenvalue weighted by molar-refractivity contribution is -0.212. The molecule has 1 aliphatic heterocycles. The third kappa shape index (κ3) is 2.30. The van der Waals surface area contributed by atoms with Gasteiger partial charge in [-0.1, -0.05) is 30.3 Å². The lowest BCUT2D eigenvalue weighted by Gasteiger charge is -2.15. The number of alkyl halides is 3. The standard InChI is InChI=1S/C10H10F3NO/c11-10(12,13)9-14-8(6-15-9)7-4-2-1-3-5-7/h1-5,8-9,14H,6H2/t8-,9+/m0/s1. The van der Waals surface area contributed by atoms with E-state index in [1.165, 1.54) is 0 Å². The summed E-state index contributed by atoms with van der Waals surface area (Å²) in [6, 6.07) is 8.58. The molecule has 1 heterocycles. The molecule has 0 saturated carbocycles. The van der Waals surface area contributed by atoms with Crippen LogP contribution in [0.3, 0.4) is 0 Å². The molecule has 2 atom stereocenters. The summed E-state index contributed by atoms with van der Waals surface area (Å²) in [6.07, 6.45) is -6.19. The number of hydrogen-bond acceptors (Lipinski definition) is 2. The van der Waals surface area contributed by atoms with Crippen molar-refractivity contribution in [2.75, 3.05) is 6.61 Å². The molecule has 2 nitrogen and oxygen atoms in total. The summed E-state index contributed by atoms with van der Waals surface area (Å²) in [6.45, 7) is 0.0498. The Morgan fingerprint density at radius 3 is 2.40 bits per heavy atom. The second-order valence-corrected chi connectivity index (χ2v) is 3.38. The second-order valence-electron chi connectivity index (χ2n) is 3.38. The normalized spacial score (nSPS) is 26.9. The van der Waals surface area contributed by atoms with Crippen molar-refractivity contribution >= 4 is 0 Å². The molecule has 0 amide bonds. The van der Waals surface area contributed by atoms with Crippen molar-refractivity contribution in [3.8, 4) is 0 Å². The van der Waals surface area contributed by atoms with Crippen LogP contribution in [0.2, 0.25) is 0 Å². The Kier molecular flexibility index (Phi) is 2.67. The Morgan fingerprint density at radius 1 is 1.20 bits per heavy atom. The lowest BCUT2D eigenvalue weighted by atomic mass is 10.1. The zero-order valence-corrected chi connectivity index (χ0v) is 7.79. The fourth-order valence-electron chi connectivity index (χ4n) is 1.54. The molecular formula is C10H10F3NO. The zero-order chi connectivity index (χ0) is 10.9. The molecular weight excluding hydrogens is 207 g/mol. The number of halogens is 3. The molecule has 1 saturated heterocycles. The number of rotatable bonds is 1. The molecule has 0 unspecified atom stereocenters. The van der Waals surface area contributed by atoms with Gasteiger partial charge in [0, 0.05) is 0 Å². The molecule has 0 aliphatic carbocycles. The van der Waals surface area contributed by atoms with Crippen LogP contribution in [-0.2, 0) is 4.74 Å². The first-order chi connectivity index (χ1) is 7.07. The third-order valence-corrected chi connectivity index (χ3v) is 2.28. The van der Waals surface area contributed by atoms with Gasteiger partial charge in [0.15, 0.2) is 0 Å². The van der Waals surface area contributed by atoms with E-state index < -0.39 is 12.4 Å². The summed E-state index contributed by atoms with van der Waals surface area (Å²) in [4.78, 5) is 0. The summed E-state index contributed by atoms with van der Waals surface area (Å²) in [7, 11) is 0. The van der Waals surface area contributed by atoms with Gasteiger partial charge in [0.25, 0.3) is 0 Å². The minimum Gasteiger partial charge on any atom is -0.352 e. The summed E-state index contributed by atoms with van der Waals surface area (Å²) in [5.41, 5.74) is 0.809. The zero-order valence-electron chi connectivity index (χ0n) is 7.79. The highest BCUT2D eigenvalue weighted by atomic mass is 19.4. The van der Waals surface area contributed by atoms with Crippen LogP contribution in [0.1, 0.15) is 11.6 Å². The van der Waals surface area contributed by atoms with Gasteiger partial charge < -0.3 is 4.74 Å². The number of hydrogen-bond donors (Lipinski definition) is 1. The van der Waals surface area contributed by atoms with Crippen LogP contribution in [0, 0.1) is 0 Å². The van der Waals surface area contributed by atoms with E-state index in [2.05, 4.69) is 10.1 Å². The molecule has 1 fully saturated rings. The molecule has 1 aromatic rings. The van der Waals surface area contributed by atoms with Crippen molar-refractivity contribution in [1.29, 1.82) is 0 Å². The first-order valence-corrected chi connectivity index (χ1v) is 4.56. The summed E-state index contributed by atoms with van der Waals surface area (Å²) < 4.78 is 41.4. The molecule has 5 heteroatoms. The van der Waals surface area contributed by atoms with Crippen LogP contribution in [0.4, 0.5) is 13.2 Å². The Morgan fingerprint density at radius 2 is 1.87 bits per heavy atom. The fraction of sp³-hybridized carbons (Fsp3) is 0.400. The molecule has 0 aromatic heterocycles.